The van der Waals surface area contributed by atoms with Gasteiger partial charge in [0, 0.05) is 19.2 Å². The summed E-state index contributed by atoms with van der Waals surface area (Å²) < 4.78 is 9.89. The van der Waals surface area contributed by atoms with Gasteiger partial charge in [-0.25, -0.2) is 4.79 Å². The molecule has 1 heterocycles. The Hall–Kier alpha value is -0.770. The zero-order valence-electron chi connectivity index (χ0n) is 7.58. The monoisotopic (exact) mass is 173 g/mol. The minimum absolute atomic E-state index is 0.222. The van der Waals surface area contributed by atoms with Gasteiger partial charge in [-0.15, -0.1) is 0 Å². The van der Waals surface area contributed by atoms with E-state index in [9.17, 15) is 4.79 Å². The van der Waals surface area contributed by atoms with Crippen LogP contribution in [0.5, 0.6) is 0 Å². The van der Waals surface area contributed by atoms with Crippen LogP contribution in [-0.4, -0.2) is 43.9 Å². The van der Waals surface area contributed by atoms with Crippen LogP contribution in [0.25, 0.3) is 0 Å². The quantitative estimate of drug-likeness (QED) is 0.545. The average Bonchev–Trinajstić information content (AvgIpc) is 2.28. The molecule has 1 aliphatic heterocycles. The molecule has 0 N–H and O–H groups in total. The molecule has 0 aromatic heterocycles. The van der Waals surface area contributed by atoms with Gasteiger partial charge in [-0.1, -0.05) is 0 Å². The lowest BCUT2D eigenvalue weighted by Gasteiger charge is -2.24. The molecule has 4 heteroatoms. The van der Waals surface area contributed by atoms with Gasteiger partial charge in [0.15, 0.2) is 0 Å². The van der Waals surface area contributed by atoms with Crippen molar-refractivity contribution in [1.82, 2.24) is 4.90 Å². The summed E-state index contributed by atoms with van der Waals surface area (Å²) >= 11 is 0. The number of amides is 1. The molecule has 0 radical (unpaired) electrons. The number of hydrogen-bond donors (Lipinski definition) is 0. The van der Waals surface area contributed by atoms with Gasteiger partial charge in [0.05, 0.1) is 13.7 Å². The third-order valence-electron chi connectivity index (χ3n) is 2.10. The summed E-state index contributed by atoms with van der Waals surface area (Å²) in [5.74, 6) is 0. The number of nitrogens with zero attached hydrogens (tertiary/aromatic N) is 1. The van der Waals surface area contributed by atoms with E-state index in [1.54, 1.807) is 4.90 Å². The second-order valence-electron chi connectivity index (χ2n) is 2.91. The van der Waals surface area contributed by atoms with Crippen molar-refractivity contribution in [2.24, 2.45) is 0 Å². The van der Waals surface area contributed by atoms with E-state index in [0.29, 0.717) is 13.2 Å². The molecule has 0 bridgehead atoms. The maximum absolute atomic E-state index is 11.2. The third kappa shape index (κ3) is 2.11. The Balaban J connectivity index is 2.52. The van der Waals surface area contributed by atoms with E-state index < -0.39 is 0 Å². The standard InChI is InChI=1S/C8H15NO3/c1-7-3-5-12-6-4-9(7)8(10)11-2/h7H,3-6H2,1-2H3. The molecule has 0 spiro atoms. The molecular weight excluding hydrogens is 158 g/mol. The summed E-state index contributed by atoms with van der Waals surface area (Å²) in [4.78, 5) is 12.9. The van der Waals surface area contributed by atoms with Crippen LogP contribution in [0.4, 0.5) is 4.79 Å². The third-order valence-corrected chi connectivity index (χ3v) is 2.10. The number of rotatable bonds is 0. The zero-order valence-corrected chi connectivity index (χ0v) is 7.58. The number of hydrogen-bond acceptors (Lipinski definition) is 3. The fraction of sp³-hybridized carbons (Fsp3) is 0.875. The predicted octanol–water partition coefficient (Wildman–Crippen LogP) is 0.864. The first-order chi connectivity index (χ1) is 5.75. The van der Waals surface area contributed by atoms with E-state index in [1.165, 1.54) is 7.11 Å². The molecule has 0 aromatic carbocycles. The molecule has 1 unspecified atom stereocenters. The van der Waals surface area contributed by atoms with Crippen molar-refractivity contribution >= 4 is 6.09 Å². The van der Waals surface area contributed by atoms with Crippen LogP contribution in [-0.2, 0) is 9.47 Å². The van der Waals surface area contributed by atoms with Crippen LogP contribution in [0, 0.1) is 0 Å². The van der Waals surface area contributed by atoms with E-state index in [-0.39, 0.29) is 12.1 Å². The number of carbonyl (C=O) groups excluding carboxylic acids is 1. The second kappa shape index (κ2) is 4.30. The molecule has 0 aliphatic carbocycles. The highest BCUT2D eigenvalue weighted by molar-refractivity contribution is 5.67. The van der Waals surface area contributed by atoms with Gasteiger partial charge in [-0.2, -0.15) is 0 Å². The molecule has 0 aromatic rings. The molecule has 70 valence electrons. The van der Waals surface area contributed by atoms with Crippen molar-refractivity contribution in [2.45, 2.75) is 19.4 Å². The van der Waals surface area contributed by atoms with Crippen LogP contribution in [0.15, 0.2) is 0 Å². The lowest BCUT2D eigenvalue weighted by Crippen LogP contribution is -2.39. The Morgan fingerprint density at radius 1 is 1.58 bits per heavy atom. The summed E-state index contributed by atoms with van der Waals surface area (Å²) in [6, 6.07) is 0.222. The lowest BCUT2D eigenvalue weighted by atomic mass is 10.2. The molecule has 1 fully saturated rings. The summed E-state index contributed by atoms with van der Waals surface area (Å²) in [7, 11) is 1.40. The predicted molar refractivity (Wildman–Crippen MR) is 44.0 cm³/mol. The van der Waals surface area contributed by atoms with Crippen molar-refractivity contribution in [1.29, 1.82) is 0 Å². The van der Waals surface area contributed by atoms with Gasteiger partial charge in [-0.3, -0.25) is 0 Å². The molecule has 1 atom stereocenters. The van der Waals surface area contributed by atoms with Crippen LogP contribution in [0.2, 0.25) is 0 Å². The van der Waals surface area contributed by atoms with E-state index >= 15 is 0 Å². The first-order valence-electron chi connectivity index (χ1n) is 4.18. The first-order valence-corrected chi connectivity index (χ1v) is 4.18. The van der Waals surface area contributed by atoms with Gasteiger partial charge in [0.1, 0.15) is 0 Å². The van der Waals surface area contributed by atoms with E-state index in [4.69, 9.17) is 4.74 Å². The minimum atomic E-state index is -0.256. The van der Waals surface area contributed by atoms with Gasteiger partial charge >= 0.3 is 6.09 Å². The molecule has 1 aliphatic rings. The Bertz CT molecular complexity index is 160. The van der Waals surface area contributed by atoms with Gasteiger partial charge in [0.2, 0.25) is 0 Å². The zero-order chi connectivity index (χ0) is 8.97. The maximum atomic E-state index is 11.2. The lowest BCUT2D eigenvalue weighted by molar-refractivity contribution is 0.104. The van der Waals surface area contributed by atoms with Gasteiger partial charge in [-0.05, 0) is 13.3 Å². The van der Waals surface area contributed by atoms with Crippen molar-refractivity contribution in [3.8, 4) is 0 Å². The van der Waals surface area contributed by atoms with Crippen LogP contribution in [0.1, 0.15) is 13.3 Å². The summed E-state index contributed by atoms with van der Waals surface area (Å²) in [5.41, 5.74) is 0. The molecule has 1 rings (SSSR count). The topological polar surface area (TPSA) is 38.8 Å². The van der Waals surface area contributed by atoms with E-state index in [2.05, 4.69) is 4.74 Å². The Morgan fingerprint density at radius 3 is 3.00 bits per heavy atom. The fourth-order valence-electron chi connectivity index (χ4n) is 1.28. The van der Waals surface area contributed by atoms with Crippen molar-refractivity contribution < 1.29 is 14.3 Å². The first kappa shape index (κ1) is 9.32. The van der Waals surface area contributed by atoms with Crippen molar-refractivity contribution in [3.63, 3.8) is 0 Å². The highest BCUT2D eigenvalue weighted by Gasteiger charge is 2.22. The molecule has 0 saturated carbocycles. The number of carbonyl (C=O) groups is 1. The summed E-state index contributed by atoms with van der Waals surface area (Å²) in [6.45, 7) is 3.98. The normalized spacial score (nSPS) is 24.8. The van der Waals surface area contributed by atoms with Crippen molar-refractivity contribution in [2.75, 3.05) is 26.9 Å². The second-order valence-corrected chi connectivity index (χ2v) is 2.91. The maximum Gasteiger partial charge on any atom is 0.409 e. The Morgan fingerprint density at radius 2 is 2.33 bits per heavy atom. The fourth-order valence-corrected chi connectivity index (χ4v) is 1.28. The van der Waals surface area contributed by atoms with Crippen LogP contribution >= 0.6 is 0 Å². The highest BCUT2D eigenvalue weighted by Crippen LogP contribution is 2.09. The van der Waals surface area contributed by atoms with Crippen LogP contribution < -0.4 is 0 Å². The number of methoxy groups -OCH3 is 1. The molecular formula is C8H15NO3. The van der Waals surface area contributed by atoms with Crippen molar-refractivity contribution in [3.05, 3.63) is 0 Å². The molecule has 1 saturated heterocycles. The van der Waals surface area contributed by atoms with Gasteiger partial charge < -0.3 is 14.4 Å². The number of ether oxygens (including phenoxy) is 2. The SMILES string of the molecule is COC(=O)N1CCOCCC1C. The highest BCUT2D eigenvalue weighted by atomic mass is 16.5. The Kier molecular flexibility index (Phi) is 3.34. The van der Waals surface area contributed by atoms with Gasteiger partial charge in [0.25, 0.3) is 0 Å². The molecule has 12 heavy (non-hydrogen) atoms. The van der Waals surface area contributed by atoms with Crippen LogP contribution in [0.3, 0.4) is 0 Å². The largest absolute Gasteiger partial charge is 0.453 e. The van der Waals surface area contributed by atoms with E-state index in [1.807, 2.05) is 6.92 Å². The molecule has 1 amide bonds. The smallest absolute Gasteiger partial charge is 0.409 e. The average molecular weight is 173 g/mol. The summed E-state index contributed by atoms with van der Waals surface area (Å²) in [6.07, 6.45) is 0.628. The Labute approximate surface area is 72.4 Å². The minimum Gasteiger partial charge on any atom is -0.453 e. The molecule has 4 nitrogen and oxygen atoms in total. The van der Waals surface area contributed by atoms with E-state index in [0.717, 1.165) is 13.0 Å². The summed E-state index contributed by atoms with van der Waals surface area (Å²) in [5, 5.41) is 0.